The van der Waals surface area contributed by atoms with Crippen molar-refractivity contribution in [2.45, 2.75) is 19.8 Å². The zero-order chi connectivity index (χ0) is 14.7. The normalized spacial score (nSPS) is 18.5. The zero-order valence-corrected chi connectivity index (χ0v) is 11.8. The molecule has 3 heterocycles. The van der Waals surface area contributed by atoms with Crippen LogP contribution in [0.2, 0.25) is 0 Å². The standard InChI is InChI=1S/C14H17N5O2/c1-10-4-5-13(17-16-10)19-7-2-3-11(9-19)14(20)15-12-6-8-21-18-12/h4-6,8,11H,2-3,7,9H2,1H3,(H,15,18,20). The van der Waals surface area contributed by atoms with Gasteiger partial charge < -0.3 is 14.7 Å². The Labute approximate surface area is 122 Å². The average molecular weight is 287 g/mol. The third-order valence-corrected chi connectivity index (χ3v) is 3.59. The number of aromatic nitrogens is 3. The Kier molecular flexibility index (Phi) is 3.81. The van der Waals surface area contributed by atoms with Gasteiger partial charge in [0, 0.05) is 19.2 Å². The highest BCUT2D eigenvalue weighted by Crippen LogP contribution is 2.22. The van der Waals surface area contributed by atoms with Crippen LogP contribution in [0.15, 0.2) is 29.0 Å². The summed E-state index contributed by atoms with van der Waals surface area (Å²) in [6.45, 7) is 3.44. The fraction of sp³-hybridized carbons (Fsp3) is 0.429. The maximum atomic E-state index is 12.2. The molecule has 0 bridgehead atoms. The molecular weight excluding hydrogens is 270 g/mol. The predicted molar refractivity (Wildman–Crippen MR) is 76.8 cm³/mol. The van der Waals surface area contributed by atoms with E-state index in [0.717, 1.165) is 30.9 Å². The number of anilines is 2. The molecule has 1 amide bonds. The SMILES string of the molecule is Cc1ccc(N2CCCC(C(=O)Nc3ccon3)C2)nn1. The molecule has 1 aliphatic rings. The van der Waals surface area contributed by atoms with Crippen molar-refractivity contribution in [1.29, 1.82) is 0 Å². The van der Waals surface area contributed by atoms with Gasteiger partial charge in [-0.25, -0.2) is 0 Å². The van der Waals surface area contributed by atoms with Crippen molar-refractivity contribution in [2.24, 2.45) is 5.92 Å². The van der Waals surface area contributed by atoms with Gasteiger partial charge >= 0.3 is 0 Å². The van der Waals surface area contributed by atoms with Crippen LogP contribution in [-0.2, 0) is 4.79 Å². The predicted octanol–water partition coefficient (Wildman–Crippen LogP) is 1.63. The number of rotatable bonds is 3. The number of carbonyl (C=O) groups is 1. The average Bonchev–Trinajstić information content (AvgIpc) is 3.01. The largest absolute Gasteiger partial charge is 0.363 e. The highest BCUT2D eigenvalue weighted by Gasteiger charge is 2.27. The molecule has 0 aliphatic carbocycles. The number of hydrogen-bond acceptors (Lipinski definition) is 6. The lowest BCUT2D eigenvalue weighted by Gasteiger charge is -2.32. The number of hydrogen-bond donors (Lipinski definition) is 1. The maximum absolute atomic E-state index is 12.2. The summed E-state index contributed by atoms with van der Waals surface area (Å²) in [4.78, 5) is 14.3. The van der Waals surface area contributed by atoms with E-state index in [1.807, 2.05) is 19.1 Å². The van der Waals surface area contributed by atoms with Crippen LogP contribution in [0.3, 0.4) is 0 Å². The van der Waals surface area contributed by atoms with Gasteiger partial charge in [-0.1, -0.05) is 5.16 Å². The summed E-state index contributed by atoms with van der Waals surface area (Å²) >= 11 is 0. The molecule has 3 rings (SSSR count). The lowest BCUT2D eigenvalue weighted by Crippen LogP contribution is -2.41. The maximum Gasteiger partial charge on any atom is 0.230 e. The lowest BCUT2D eigenvalue weighted by atomic mass is 9.97. The number of nitrogens with zero attached hydrogens (tertiary/aromatic N) is 4. The van der Waals surface area contributed by atoms with Crippen molar-refractivity contribution in [1.82, 2.24) is 15.4 Å². The summed E-state index contributed by atoms with van der Waals surface area (Å²) in [6, 6.07) is 5.51. The molecule has 2 aromatic rings. The van der Waals surface area contributed by atoms with Crippen molar-refractivity contribution in [2.75, 3.05) is 23.3 Å². The third-order valence-electron chi connectivity index (χ3n) is 3.59. The number of nitrogens with one attached hydrogen (secondary N) is 1. The van der Waals surface area contributed by atoms with Gasteiger partial charge in [0.25, 0.3) is 0 Å². The Hall–Kier alpha value is -2.44. The summed E-state index contributed by atoms with van der Waals surface area (Å²) in [5.41, 5.74) is 0.885. The molecule has 7 nitrogen and oxygen atoms in total. The van der Waals surface area contributed by atoms with E-state index in [9.17, 15) is 4.79 Å². The Morgan fingerprint density at radius 2 is 2.29 bits per heavy atom. The molecule has 0 spiro atoms. The van der Waals surface area contributed by atoms with E-state index in [4.69, 9.17) is 4.52 Å². The first-order chi connectivity index (χ1) is 10.2. The number of carbonyl (C=O) groups excluding carboxylic acids is 1. The molecule has 21 heavy (non-hydrogen) atoms. The van der Waals surface area contributed by atoms with Gasteiger partial charge in [0.15, 0.2) is 11.6 Å². The van der Waals surface area contributed by atoms with Gasteiger partial charge in [-0.2, -0.15) is 5.10 Å². The van der Waals surface area contributed by atoms with Gasteiger partial charge in [-0.15, -0.1) is 5.10 Å². The van der Waals surface area contributed by atoms with E-state index in [1.54, 1.807) is 6.07 Å². The van der Waals surface area contributed by atoms with E-state index in [1.165, 1.54) is 6.26 Å². The van der Waals surface area contributed by atoms with Gasteiger partial charge in [-0.3, -0.25) is 4.79 Å². The number of piperidine rings is 1. The van der Waals surface area contributed by atoms with Crippen LogP contribution in [-0.4, -0.2) is 34.4 Å². The molecular formula is C14H17N5O2. The van der Waals surface area contributed by atoms with Gasteiger partial charge in [0.1, 0.15) is 6.26 Å². The van der Waals surface area contributed by atoms with Crippen molar-refractivity contribution < 1.29 is 9.32 Å². The fourth-order valence-electron chi connectivity index (χ4n) is 2.47. The molecule has 0 radical (unpaired) electrons. The molecule has 1 aliphatic heterocycles. The monoisotopic (exact) mass is 287 g/mol. The van der Waals surface area contributed by atoms with Crippen LogP contribution in [0.5, 0.6) is 0 Å². The van der Waals surface area contributed by atoms with Crippen LogP contribution in [0.25, 0.3) is 0 Å². The molecule has 1 atom stereocenters. The van der Waals surface area contributed by atoms with E-state index >= 15 is 0 Å². The molecule has 0 saturated carbocycles. The lowest BCUT2D eigenvalue weighted by molar-refractivity contribution is -0.120. The molecule has 110 valence electrons. The minimum absolute atomic E-state index is 0.0336. The third kappa shape index (κ3) is 3.18. The first-order valence-electron chi connectivity index (χ1n) is 6.99. The van der Waals surface area contributed by atoms with Crippen LogP contribution in [0.1, 0.15) is 18.5 Å². The quantitative estimate of drug-likeness (QED) is 0.923. The van der Waals surface area contributed by atoms with Crippen LogP contribution >= 0.6 is 0 Å². The molecule has 1 unspecified atom stereocenters. The molecule has 7 heteroatoms. The summed E-state index contributed by atoms with van der Waals surface area (Å²) in [5.74, 6) is 1.15. The minimum Gasteiger partial charge on any atom is -0.363 e. The zero-order valence-electron chi connectivity index (χ0n) is 11.8. The summed E-state index contributed by atoms with van der Waals surface area (Å²) < 4.78 is 4.71. The smallest absolute Gasteiger partial charge is 0.230 e. The van der Waals surface area contributed by atoms with Crippen LogP contribution < -0.4 is 10.2 Å². The second kappa shape index (κ2) is 5.90. The second-order valence-corrected chi connectivity index (χ2v) is 5.19. The van der Waals surface area contributed by atoms with Crippen molar-refractivity contribution >= 4 is 17.5 Å². The van der Waals surface area contributed by atoms with E-state index in [2.05, 4.69) is 25.6 Å². The second-order valence-electron chi connectivity index (χ2n) is 5.19. The molecule has 2 aromatic heterocycles. The highest BCUT2D eigenvalue weighted by atomic mass is 16.5. The van der Waals surface area contributed by atoms with Crippen molar-refractivity contribution in [3.05, 3.63) is 30.2 Å². The first-order valence-corrected chi connectivity index (χ1v) is 6.99. The Morgan fingerprint density at radius 3 is 3.00 bits per heavy atom. The summed E-state index contributed by atoms with van der Waals surface area (Å²) in [6.07, 6.45) is 3.25. The van der Waals surface area contributed by atoms with Gasteiger partial charge in [0.05, 0.1) is 11.6 Å². The highest BCUT2D eigenvalue weighted by molar-refractivity contribution is 5.92. The molecule has 1 N–H and O–H groups in total. The molecule has 0 aromatic carbocycles. The fourth-order valence-corrected chi connectivity index (χ4v) is 2.47. The van der Waals surface area contributed by atoms with Gasteiger partial charge in [0.2, 0.25) is 5.91 Å². The van der Waals surface area contributed by atoms with Crippen molar-refractivity contribution in [3.8, 4) is 0 Å². The topological polar surface area (TPSA) is 84.2 Å². The van der Waals surface area contributed by atoms with E-state index < -0.39 is 0 Å². The number of aryl methyl sites for hydroxylation is 1. The first kappa shape index (κ1) is 13.5. The van der Waals surface area contributed by atoms with Crippen LogP contribution in [0, 0.1) is 12.8 Å². The molecule has 1 saturated heterocycles. The van der Waals surface area contributed by atoms with Gasteiger partial charge in [-0.05, 0) is 31.9 Å². The molecule has 1 fully saturated rings. The van der Waals surface area contributed by atoms with Crippen molar-refractivity contribution in [3.63, 3.8) is 0 Å². The summed E-state index contributed by atoms with van der Waals surface area (Å²) in [7, 11) is 0. The van der Waals surface area contributed by atoms with E-state index in [-0.39, 0.29) is 11.8 Å². The van der Waals surface area contributed by atoms with Crippen LogP contribution in [0.4, 0.5) is 11.6 Å². The summed E-state index contributed by atoms with van der Waals surface area (Å²) in [5, 5.41) is 14.7. The Morgan fingerprint density at radius 1 is 1.38 bits per heavy atom. The Bertz CT molecular complexity index is 596. The number of amides is 1. The minimum atomic E-state index is -0.0847. The van der Waals surface area contributed by atoms with E-state index in [0.29, 0.717) is 12.4 Å². The Balaban J connectivity index is 1.65.